The van der Waals surface area contributed by atoms with E-state index in [1.807, 2.05) is 0 Å². The predicted molar refractivity (Wildman–Crippen MR) is 37.5 cm³/mol. The molecule has 0 saturated carbocycles. The Kier molecular flexibility index (Phi) is 2.68. The molecule has 1 heterocycles. The predicted octanol–water partition coefficient (Wildman–Crippen LogP) is 0.0375. The molecule has 0 aromatic carbocycles. The van der Waals surface area contributed by atoms with Crippen LogP contribution in [-0.2, 0) is 4.79 Å². The number of amides is 1. The molecule has 3 heteroatoms. The van der Waals surface area contributed by atoms with Gasteiger partial charge in [-0.2, -0.15) is 0 Å². The maximum absolute atomic E-state index is 10.8. The lowest BCUT2D eigenvalue weighted by Crippen LogP contribution is -2.39. The van der Waals surface area contributed by atoms with Gasteiger partial charge in [-0.1, -0.05) is 0 Å². The van der Waals surface area contributed by atoms with Crippen molar-refractivity contribution in [3.8, 4) is 0 Å². The smallest absolute Gasteiger partial charge is 0.220 e. The van der Waals surface area contributed by atoms with Crippen molar-refractivity contribution in [3.63, 3.8) is 0 Å². The van der Waals surface area contributed by atoms with Gasteiger partial charge in [0.15, 0.2) is 0 Å². The van der Waals surface area contributed by atoms with E-state index in [0.717, 1.165) is 12.8 Å². The molecule has 1 atom stereocenters. The van der Waals surface area contributed by atoms with Gasteiger partial charge >= 0.3 is 0 Å². The summed E-state index contributed by atoms with van der Waals surface area (Å²) in [6.45, 7) is 0.172. The third kappa shape index (κ3) is 1.99. The third-order valence-electron chi connectivity index (χ3n) is 1.80. The Hall–Kier alpha value is -0.570. The molecule has 3 nitrogen and oxygen atoms in total. The lowest BCUT2D eigenvalue weighted by Gasteiger charge is -2.21. The summed E-state index contributed by atoms with van der Waals surface area (Å²) >= 11 is 0. The SMILES string of the molecule is O=C1CCCC(CCO)N1. The molecule has 1 aliphatic rings. The Morgan fingerprint density at radius 3 is 3.10 bits per heavy atom. The zero-order chi connectivity index (χ0) is 7.40. The van der Waals surface area contributed by atoms with Gasteiger partial charge in [0.2, 0.25) is 5.91 Å². The Bertz CT molecular complexity index is 123. The molecule has 0 spiro atoms. The molecule has 58 valence electrons. The summed E-state index contributed by atoms with van der Waals surface area (Å²) in [5.74, 6) is 0.129. The molecular weight excluding hydrogens is 130 g/mol. The van der Waals surface area contributed by atoms with E-state index in [2.05, 4.69) is 5.32 Å². The van der Waals surface area contributed by atoms with Gasteiger partial charge in [0.05, 0.1) is 0 Å². The van der Waals surface area contributed by atoms with Crippen LogP contribution in [0.4, 0.5) is 0 Å². The van der Waals surface area contributed by atoms with E-state index >= 15 is 0 Å². The highest BCUT2D eigenvalue weighted by Crippen LogP contribution is 2.09. The van der Waals surface area contributed by atoms with E-state index in [-0.39, 0.29) is 18.6 Å². The molecule has 1 rings (SSSR count). The number of nitrogens with one attached hydrogen (secondary N) is 1. The summed E-state index contributed by atoms with van der Waals surface area (Å²) in [6.07, 6.45) is 3.34. The summed E-state index contributed by atoms with van der Waals surface area (Å²) in [7, 11) is 0. The zero-order valence-corrected chi connectivity index (χ0v) is 5.97. The second kappa shape index (κ2) is 3.56. The van der Waals surface area contributed by atoms with E-state index in [1.54, 1.807) is 0 Å². The number of rotatable bonds is 2. The van der Waals surface area contributed by atoms with E-state index < -0.39 is 0 Å². The number of carbonyl (C=O) groups is 1. The van der Waals surface area contributed by atoms with Gasteiger partial charge in [0.1, 0.15) is 0 Å². The highest BCUT2D eigenvalue weighted by molar-refractivity contribution is 5.76. The summed E-state index contributed by atoms with van der Waals surface area (Å²) in [5.41, 5.74) is 0. The van der Waals surface area contributed by atoms with Crippen LogP contribution in [0.25, 0.3) is 0 Å². The van der Waals surface area contributed by atoms with Crippen LogP contribution in [0.5, 0.6) is 0 Å². The highest BCUT2D eigenvalue weighted by Gasteiger charge is 2.16. The Morgan fingerprint density at radius 2 is 2.50 bits per heavy atom. The van der Waals surface area contributed by atoms with Gasteiger partial charge in [-0.15, -0.1) is 0 Å². The molecular formula is C7H13NO2. The van der Waals surface area contributed by atoms with Crippen molar-refractivity contribution >= 4 is 5.91 Å². The van der Waals surface area contributed by atoms with Crippen LogP contribution < -0.4 is 5.32 Å². The van der Waals surface area contributed by atoms with Crippen LogP contribution in [0.2, 0.25) is 0 Å². The lowest BCUT2D eigenvalue weighted by atomic mass is 10.0. The van der Waals surface area contributed by atoms with Crippen LogP contribution in [0.15, 0.2) is 0 Å². The lowest BCUT2D eigenvalue weighted by molar-refractivity contribution is -0.123. The largest absolute Gasteiger partial charge is 0.396 e. The zero-order valence-electron chi connectivity index (χ0n) is 5.97. The quantitative estimate of drug-likeness (QED) is 0.573. The van der Waals surface area contributed by atoms with Crippen molar-refractivity contribution in [3.05, 3.63) is 0 Å². The molecule has 0 aromatic rings. The van der Waals surface area contributed by atoms with Crippen molar-refractivity contribution in [2.75, 3.05) is 6.61 Å². The fourth-order valence-electron chi connectivity index (χ4n) is 1.25. The van der Waals surface area contributed by atoms with E-state index in [0.29, 0.717) is 12.8 Å². The molecule has 1 unspecified atom stereocenters. The maximum Gasteiger partial charge on any atom is 0.220 e. The summed E-state index contributed by atoms with van der Waals surface area (Å²) in [5, 5.41) is 11.4. The Morgan fingerprint density at radius 1 is 1.70 bits per heavy atom. The standard InChI is InChI=1S/C7H13NO2/c9-5-4-6-2-1-3-7(10)8-6/h6,9H,1-5H2,(H,8,10). The molecule has 0 aliphatic carbocycles. The van der Waals surface area contributed by atoms with E-state index in [1.165, 1.54) is 0 Å². The molecule has 0 aromatic heterocycles. The molecule has 1 amide bonds. The summed E-state index contributed by atoms with van der Waals surface area (Å²) in [4.78, 5) is 10.8. The average molecular weight is 143 g/mol. The van der Waals surface area contributed by atoms with Crippen LogP contribution >= 0.6 is 0 Å². The topological polar surface area (TPSA) is 49.3 Å². The number of hydrogen-bond acceptors (Lipinski definition) is 2. The van der Waals surface area contributed by atoms with E-state index in [9.17, 15) is 4.79 Å². The normalized spacial score (nSPS) is 26.1. The van der Waals surface area contributed by atoms with Crippen molar-refractivity contribution < 1.29 is 9.90 Å². The Balaban J connectivity index is 2.25. The molecule has 1 fully saturated rings. The highest BCUT2D eigenvalue weighted by atomic mass is 16.3. The van der Waals surface area contributed by atoms with E-state index in [4.69, 9.17) is 5.11 Å². The van der Waals surface area contributed by atoms with Gasteiger partial charge in [0.25, 0.3) is 0 Å². The number of aliphatic hydroxyl groups is 1. The first kappa shape index (κ1) is 7.54. The van der Waals surface area contributed by atoms with Crippen LogP contribution in [-0.4, -0.2) is 23.7 Å². The van der Waals surface area contributed by atoms with Crippen molar-refractivity contribution in [2.24, 2.45) is 0 Å². The monoisotopic (exact) mass is 143 g/mol. The molecule has 1 saturated heterocycles. The number of piperidine rings is 1. The van der Waals surface area contributed by atoms with Gasteiger partial charge in [-0.3, -0.25) is 4.79 Å². The first-order valence-electron chi connectivity index (χ1n) is 3.73. The molecule has 2 N–H and O–H groups in total. The van der Waals surface area contributed by atoms with Gasteiger partial charge in [0, 0.05) is 19.1 Å². The Labute approximate surface area is 60.4 Å². The van der Waals surface area contributed by atoms with Gasteiger partial charge in [-0.05, 0) is 19.3 Å². The fourth-order valence-corrected chi connectivity index (χ4v) is 1.25. The number of carbonyl (C=O) groups excluding carboxylic acids is 1. The minimum absolute atomic E-state index is 0.129. The first-order chi connectivity index (χ1) is 4.83. The minimum atomic E-state index is 0.129. The van der Waals surface area contributed by atoms with Crippen molar-refractivity contribution in [1.82, 2.24) is 5.32 Å². The van der Waals surface area contributed by atoms with Crippen molar-refractivity contribution in [1.29, 1.82) is 0 Å². The van der Waals surface area contributed by atoms with Gasteiger partial charge < -0.3 is 10.4 Å². The molecule has 0 radical (unpaired) electrons. The molecule has 1 aliphatic heterocycles. The fraction of sp³-hybridized carbons (Fsp3) is 0.857. The van der Waals surface area contributed by atoms with Crippen molar-refractivity contribution in [2.45, 2.75) is 31.7 Å². The minimum Gasteiger partial charge on any atom is -0.396 e. The second-order valence-corrected chi connectivity index (χ2v) is 2.67. The average Bonchev–Trinajstić information content (AvgIpc) is 1.88. The van der Waals surface area contributed by atoms with Crippen LogP contribution in [0, 0.1) is 0 Å². The number of hydrogen-bond donors (Lipinski definition) is 2. The second-order valence-electron chi connectivity index (χ2n) is 2.67. The molecule has 10 heavy (non-hydrogen) atoms. The summed E-state index contributed by atoms with van der Waals surface area (Å²) in [6, 6.07) is 0.228. The van der Waals surface area contributed by atoms with Crippen LogP contribution in [0.1, 0.15) is 25.7 Å². The van der Waals surface area contributed by atoms with Crippen LogP contribution in [0.3, 0.4) is 0 Å². The number of aliphatic hydroxyl groups excluding tert-OH is 1. The molecule has 0 bridgehead atoms. The third-order valence-corrected chi connectivity index (χ3v) is 1.80. The maximum atomic E-state index is 10.8. The summed E-state index contributed by atoms with van der Waals surface area (Å²) < 4.78 is 0. The first-order valence-corrected chi connectivity index (χ1v) is 3.73. The van der Waals surface area contributed by atoms with Gasteiger partial charge in [-0.25, -0.2) is 0 Å².